The lowest BCUT2D eigenvalue weighted by Gasteiger charge is -2.41. The zero-order chi connectivity index (χ0) is 13.9. The number of halogens is 1. The predicted octanol–water partition coefficient (Wildman–Crippen LogP) is 2.51. The lowest BCUT2D eigenvalue weighted by Crippen LogP contribution is -2.50. The fourth-order valence-corrected chi connectivity index (χ4v) is 3.10. The molecule has 0 aromatic heterocycles. The summed E-state index contributed by atoms with van der Waals surface area (Å²) in [6, 6.07) is 0. The van der Waals surface area contributed by atoms with Gasteiger partial charge in [-0.3, -0.25) is 4.99 Å². The Morgan fingerprint density at radius 3 is 2.50 bits per heavy atom. The van der Waals surface area contributed by atoms with Crippen molar-refractivity contribution in [3.63, 3.8) is 0 Å². The second-order valence-electron chi connectivity index (χ2n) is 7.23. The van der Waals surface area contributed by atoms with E-state index in [0.29, 0.717) is 12.0 Å². The summed E-state index contributed by atoms with van der Waals surface area (Å²) in [5, 5.41) is 17.2. The largest absolute Gasteiger partial charge is 0.388 e. The van der Waals surface area contributed by atoms with Crippen LogP contribution in [0, 0.1) is 11.3 Å². The van der Waals surface area contributed by atoms with Crippen molar-refractivity contribution < 1.29 is 5.11 Å². The van der Waals surface area contributed by atoms with E-state index >= 15 is 0 Å². The molecule has 5 heteroatoms. The van der Waals surface area contributed by atoms with Gasteiger partial charge in [0.05, 0.1) is 5.60 Å². The van der Waals surface area contributed by atoms with Gasteiger partial charge in [-0.2, -0.15) is 0 Å². The Labute approximate surface area is 140 Å². The first-order valence-electron chi connectivity index (χ1n) is 7.64. The molecular weight excluding hydrogens is 365 g/mol. The molecule has 0 unspecified atom stereocenters. The SMILES string of the molecule is CC(C)(C)C1CCC(O)(CNC2=NCCCN2)CC1.I. The van der Waals surface area contributed by atoms with Gasteiger partial charge in [0, 0.05) is 19.6 Å². The topological polar surface area (TPSA) is 56.6 Å². The van der Waals surface area contributed by atoms with E-state index in [9.17, 15) is 5.11 Å². The van der Waals surface area contributed by atoms with E-state index in [2.05, 4.69) is 36.4 Å². The third kappa shape index (κ3) is 5.06. The molecule has 0 radical (unpaired) electrons. The summed E-state index contributed by atoms with van der Waals surface area (Å²) in [5.41, 5.74) is -0.187. The summed E-state index contributed by atoms with van der Waals surface area (Å²) in [6.45, 7) is 9.41. The molecule has 0 saturated heterocycles. The zero-order valence-corrected chi connectivity index (χ0v) is 15.4. The van der Waals surface area contributed by atoms with Crippen LogP contribution in [0.15, 0.2) is 4.99 Å². The summed E-state index contributed by atoms with van der Waals surface area (Å²) in [6.07, 6.45) is 5.15. The molecule has 0 atom stereocenters. The maximum absolute atomic E-state index is 10.6. The normalized spacial score (nSPS) is 30.8. The van der Waals surface area contributed by atoms with Crippen LogP contribution in [0.2, 0.25) is 0 Å². The molecule has 0 bridgehead atoms. The van der Waals surface area contributed by atoms with Crippen LogP contribution in [0.3, 0.4) is 0 Å². The molecule has 20 heavy (non-hydrogen) atoms. The van der Waals surface area contributed by atoms with Gasteiger partial charge in [-0.05, 0) is 43.4 Å². The van der Waals surface area contributed by atoms with E-state index in [4.69, 9.17) is 0 Å². The Bertz CT molecular complexity index is 331. The Morgan fingerprint density at radius 2 is 2.00 bits per heavy atom. The summed E-state index contributed by atoms with van der Waals surface area (Å²) in [5.74, 6) is 1.59. The molecule has 1 fully saturated rings. The first-order chi connectivity index (χ1) is 8.89. The van der Waals surface area contributed by atoms with Crippen molar-refractivity contribution in [2.75, 3.05) is 19.6 Å². The van der Waals surface area contributed by atoms with Crippen molar-refractivity contribution >= 4 is 29.9 Å². The molecule has 3 N–H and O–H groups in total. The van der Waals surface area contributed by atoms with Crippen LogP contribution in [0.1, 0.15) is 52.9 Å². The smallest absolute Gasteiger partial charge is 0.191 e. The Balaban J connectivity index is 0.00000200. The molecule has 4 nitrogen and oxygen atoms in total. The molecule has 0 aromatic rings. The molecular formula is C15H30IN3O. The van der Waals surface area contributed by atoms with E-state index < -0.39 is 5.60 Å². The molecule has 118 valence electrons. The van der Waals surface area contributed by atoms with Crippen LogP contribution < -0.4 is 10.6 Å². The molecule has 1 aliphatic carbocycles. The number of hydrogen-bond donors (Lipinski definition) is 3. The number of nitrogens with one attached hydrogen (secondary N) is 2. The number of aliphatic hydroxyl groups is 1. The zero-order valence-electron chi connectivity index (χ0n) is 13.0. The maximum Gasteiger partial charge on any atom is 0.191 e. The molecule has 1 aliphatic heterocycles. The highest BCUT2D eigenvalue weighted by Gasteiger charge is 2.37. The minimum atomic E-state index is -0.552. The van der Waals surface area contributed by atoms with Gasteiger partial charge in [-0.25, -0.2) is 0 Å². The lowest BCUT2D eigenvalue weighted by molar-refractivity contribution is -0.0209. The molecule has 0 amide bonds. The summed E-state index contributed by atoms with van der Waals surface area (Å²) >= 11 is 0. The van der Waals surface area contributed by atoms with Crippen LogP contribution in [0.4, 0.5) is 0 Å². The van der Waals surface area contributed by atoms with E-state index in [1.807, 2.05) is 0 Å². The van der Waals surface area contributed by atoms with E-state index in [0.717, 1.165) is 57.1 Å². The van der Waals surface area contributed by atoms with Gasteiger partial charge in [-0.1, -0.05) is 20.8 Å². The summed E-state index contributed by atoms with van der Waals surface area (Å²) in [7, 11) is 0. The van der Waals surface area contributed by atoms with Gasteiger partial charge in [0.1, 0.15) is 0 Å². The Kier molecular flexibility index (Phi) is 6.57. The highest BCUT2D eigenvalue weighted by Crippen LogP contribution is 2.41. The molecule has 0 aromatic carbocycles. The van der Waals surface area contributed by atoms with Crippen LogP contribution in [0.5, 0.6) is 0 Å². The van der Waals surface area contributed by atoms with E-state index in [1.165, 1.54) is 0 Å². The van der Waals surface area contributed by atoms with Gasteiger partial charge in [-0.15, -0.1) is 24.0 Å². The van der Waals surface area contributed by atoms with Crippen LogP contribution in [-0.4, -0.2) is 36.3 Å². The van der Waals surface area contributed by atoms with Gasteiger partial charge in [0.25, 0.3) is 0 Å². The fraction of sp³-hybridized carbons (Fsp3) is 0.933. The van der Waals surface area contributed by atoms with Crippen molar-refractivity contribution in [3.05, 3.63) is 0 Å². The number of hydrogen-bond acceptors (Lipinski definition) is 4. The maximum atomic E-state index is 10.6. The lowest BCUT2D eigenvalue weighted by atomic mass is 9.68. The third-order valence-corrected chi connectivity index (χ3v) is 4.62. The van der Waals surface area contributed by atoms with Crippen LogP contribution in [0.25, 0.3) is 0 Å². The third-order valence-electron chi connectivity index (χ3n) is 4.62. The van der Waals surface area contributed by atoms with Crippen LogP contribution in [-0.2, 0) is 0 Å². The molecule has 2 rings (SSSR count). The Hall–Kier alpha value is -0.0400. The second-order valence-corrected chi connectivity index (χ2v) is 7.23. The fourth-order valence-electron chi connectivity index (χ4n) is 3.10. The number of aliphatic imine (C=N–C) groups is 1. The standard InChI is InChI=1S/C15H29N3O.HI/c1-14(2,3)12-5-7-15(19,8-6-12)11-18-13-16-9-4-10-17-13;/h12,19H,4-11H2,1-3H3,(H2,16,17,18);1H. The number of rotatable bonds is 2. The molecule has 1 heterocycles. The first-order valence-corrected chi connectivity index (χ1v) is 7.64. The first kappa shape index (κ1) is 18.0. The van der Waals surface area contributed by atoms with Crippen molar-refractivity contribution in [2.45, 2.75) is 58.5 Å². The second kappa shape index (κ2) is 7.29. The average molecular weight is 395 g/mol. The minimum Gasteiger partial charge on any atom is -0.388 e. The van der Waals surface area contributed by atoms with Crippen molar-refractivity contribution in [1.82, 2.24) is 10.6 Å². The number of guanidine groups is 1. The van der Waals surface area contributed by atoms with Gasteiger partial charge < -0.3 is 15.7 Å². The Morgan fingerprint density at radius 1 is 1.35 bits per heavy atom. The number of nitrogens with zero attached hydrogens (tertiary/aromatic N) is 1. The molecule has 1 saturated carbocycles. The van der Waals surface area contributed by atoms with Gasteiger partial charge in [0.2, 0.25) is 0 Å². The average Bonchev–Trinajstić information content (AvgIpc) is 2.37. The van der Waals surface area contributed by atoms with E-state index in [-0.39, 0.29) is 24.0 Å². The van der Waals surface area contributed by atoms with Gasteiger partial charge >= 0.3 is 0 Å². The quantitative estimate of drug-likeness (QED) is 0.630. The summed E-state index contributed by atoms with van der Waals surface area (Å²) in [4.78, 5) is 4.38. The minimum absolute atomic E-state index is 0. The van der Waals surface area contributed by atoms with Crippen LogP contribution >= 0.6 is 24.0 Å². The van der Waals surface area contributed by atoms with Gasteiger partial charge in [0.15, 0.2) is 5.96 Å². The van der Waals surface area contributed by atoms with E-state index in [1.54, 1.807) is 0 Å². The predicted molar refractivity (Wildman–Crippen MR) is 94.7 cm³/mol. The van der Waals surface area contributed by atoms with Crippen molar-refractivity contribution in [1.29, 1.82) is 0 Å². The molecule has 0 spiro atoms. The highest BCUT2D eigenvalue weighted by atomic mass is 127. The van der Waals surface area contributed by atoms with Crippen molar-refractivity contribution in [2.24, 2.45) is 16.3 Å². The van der Waals surface area contributed by atoms with Crippen molar-refractivity contribution in [3.8, 4) is 0 Å². The highest BCUT2D eigenvalue weighted by molar-refractivity contribution is 14.0. The summed E-state index contributed by atoms with van der Waals surface area (Å²) < 4.78 is 0. The molecule has 2 aliphatic rings. The monoisotopic (exact) mass is 395 g/mol.